The summed E-state index contributed by atoms with van der Waals surface area (Å²) in [5.74, 6) is 3.06. The van der Waals surface area contributed by atoms with Crippen LogP contribution in [0.25, 0.3) is 5.65 Å². The molecule has 2 heterocycles. The zero-order chi connectivity index (χ0) is 17.5. The average Bonchev–Trinajstić information content (AvgIpc) is 3.05. The number of aromatic nitrogens is 3. The van der Waals surface area contributed by atoms with Crippen LogP contribution in [0.2, 0.25) is 0 Å². The molecule has 2 atom stereocenters. The van der Waals surface area contributed by atoms with Crippen molar-refractivity contribution in [1.82, 2.24) is 25.2 Å². The van der Waals surface area contributed by atoms with Crippen LogP contribution in [0.5, 0.6) is 0 Å². The van der Waals surface area contributed by atoms with Crippen LogP contribution in [0.15, 0.2) is 29.4 Å². The van der Waals surface area contributed by atoms with E-state index < -0.39 is 0 Å². The van der Waals surface area contributed by atoms with Crippen molar-refractivity contribution in [2.75, 3.05) is 19.3 Å². The first kappa shape index (κ1) is 21.3. The maximum absolute atomic E-state index is 4.38. The van der Waals surface area contributed by atoms with Gasteiger partial charge in [-0.2, -0.15) is 11.8 Å². The molecule has 1 aliphatic carbocycles. The van der Waals surface area contributed by atoms with Gasteiger partial charge in [-0.05, 0) is 37.1 Å². The maximum atomic E-state index is 4.38. The summed E-state index contributed by atoms with van der Waals surface area (Å²) in [6.07, 6.45) is 7.93. The first-order valence-electron chi connectivity index (χ1n) is 9.17. The van der Waals surface area contributed by atoms with Crippen LogP contribution in [0.3, 0.4) is 0 Å². The lowest BCUT2D eigenvalue weighted by Crippen LogP contribution is -2.46. The standard InChI is InChI=1S/C18H28N6S.HI/c1-3-25-15-8-6-7-14(13-15)21-18(19-2)20-11-10-17-23-22-16-9-4-5-12-24(16)17;/h4-5,9,12,14-15H,3,6-8,10-11,13H2,1-2H3,(H2,19,20,21);1H. The molecule has 1 aliphatic rings. The third-order valence-electron chi connectivity index (χ3n) is 4.62. The average molecular weight is 488 g/mol. The van der Waals surface area contributed by atoms with E-state index in [4.69, 9.17) is 0 Å². The Bertz CT molecular complexity index is 702. The Morgan fingerprint density at radius 3 is 3.04 bits per heavy atom. The molecule has 2 N–H and O–H groups in total. The van der Waals surface area contributed by atoms with Crippen molar-refractivity contribution < 1.29 is 0 Å². The van der Waals surface area contributed by atoms with E-state index in [0.29, 0.717) is 6.04 Å². The molecule has 6 nitrogen and oxygen atoms in total. The minimum absolute atomic E-state index is 0. The third-order valence-corrected chi connectivity index (χ3v) is 5.85. The van der Waals surface area contributed by atoms with Gasteiger partial charge < -0.3 is 10.6 Å². The van der Waals surface area contributed by atoms with Gasteiger partial charge in [-0.25, -0.2) is 0 Å². The highest BCUT2D eigenvalue weighted by Crippen LogP contribution is 2.28. The van der Waals surface area contributed by atoms with E-state index in [1.54, 1.807) is 0 Å². The number of thioether (sulfide) groups is 1. The molecule has 0 aliphatic heterocycles. The summed E-state index contributed by atoms with van der Waals surface area (Å²) in [7, 11) is 1.84. The largest absolute Gasteiger partial charge is 0.356 e. The molecule has 0 aromatic carbocycles. The van der Waals surface area contributed by atoms with E-state index >= 15 is 0 Å². The monoisotopic (exact) mass is 488 g/mol. The van der Waals surface area contributed by atoms with E-state index in [-0.39, 0.29) is 24.0 Å². The Labute approximate surface area is 177 Å². The van der Waals surface area contributed by atoms with E-state index in [1.807, 2.05) is 35.8 Å². The predicted octanol–water partition coefficient (Wildman–Crippen LogP) is 3.12. The molecule has 26 heavy (non-hydrogen) atoms. The van der Waals surface area contributed by atoms with Crippen molar-refractivity contribution in [3.05, 3.63) is 30.2 Å². The van der Waals surface area contributed by atoms with Gasteiger partial charge in [-0.15, -0.1) is 34.2 Å². The van der Waals surface area contributed by atoms with Crippen molar-refractivity contribution in [1.29, 1.82) is 0 Å². The highest BCUT2D eigenvalue weighted by atomic mass is 127. The number of hydrogen-bond donors (Lipinski definition) is 2. The molecule has 0 spiro atoms. The number of guanidine groups is 1. The van der Waals surface area contributed by atoms with Gasteiger partial charge in [0.15, 0.2) is 11.6 Å². The predicted molar refractivity (Wildman–Crippen MR) is 121 cm³/mol. The SMILES string of the molecule is CCSC1CCCC(NC(=NC)NCCc2nnc3ccccn23)C1.I. The van der Waals surface area contributed by atoms with Crippen LogP contribution in [0.1, 0.15) is 38.4 Å². The fourth-order valence-electron chi connectivity index (χ4n) is 3.41. The van der Waals surface area contributed by atoms with Gasteiger partial charge in [-0.3, -0.25) is 9.39 Å². The summed E-state index contributed by atoms with van der Waals surface area (Å²) in [6.45, 7) is 3.03. The molecule has 0 saturated heterocycles. The van der Waals surface area contributed by atoms with Crippen LogP contribution < -0.4 is 10.6 Å². The van der Waals surface area contributed by atoms with Crippen molar-refractivity contribution in [2.24, 2.45) is 4.99 Å². The first-order chi connectivity index (χ1) is 12.3. The summed E-state index contributed by atoms with van der Waals surface area (Å²) in [6, 6.07) is 6.48. The zero-order valence-corrected chi connectivity index (χ0v) is 18.7. The molecule has 0 amide bonds. The van der Waals surface area contributed by atoms with Crippen molar-refractivity contribution in [2.45, 2.75) is 50.3 Å². The number of halogens is 1. The van der Waals surface area contributed by atoms with Crippen molar-refractivity contribution in [3.8, 4) is 0 Å². The third kappa shape index (κ3) is 5.73. The summed E-state index contributed by atoms with van der Waals surface area (Å²) in [5.41, 5.74) is 0.890. The smallest absolute Gasteiger partial charge is 0.191 e. The molecular formula is C18H29IN6S. The van der Waals surface area contributed by atoms with Gasteiger partial charge in [-0.1, -0.05) is 19.4 Å². The van der Waals surface area contributed by atoms with Gasteiger partial charge in [0.1, 0.15) is 5.82 Å². The molecular weight excluding hydrogens is 459 g/mol. The minimum atomic E-state index is 0. The van der Waals surface area contributed by atoms with Gasteiger partial charge >= 0.3 is 0 Å². The highest BCUT2D eigenvalue weighted by Gasteiger charge is 2.22. The highest BCUT2D eigenvalue weighted by molar-refractivity contribution is 14.0. The molecule has 144 valence electrons. The van der Waals surface area contributed by atoms with Gasteiger partial charge in [0.25, 0.3) is 0 Å². The van der Waals surface area contributed by atoms with E-state index in [9.17, 15) is 0 Å². The van der Waals surface area contributed by atoms with Gasteiger partial charge in [0, 0.05) is 37.5 Å². The Kier molecular flexibility index (Phi) is 8.97. The fourth-order valence-corrected chi connectivity index (χ4v) is 4.58. The molecule has 8 heteroatoms. The summed E-state index contributed by atoms with van der Waals surface area (Å²) in [4.78, 5) is 4.38. The number of aliphatic imine (C=N–C) groups is 1. The van der Waals surface area contributed by atoms with Crippen LogP contribution in [-0.2, 0) is 6.42 Å². The van der Waals surface area contributed by atoms with Crippen molar-refractivity contribution >= 4 is 47.3 Å². The number of hydrogen-bond acceptors (Lipinski definition) is 4. The number of nitrogens with zero attached hydrogens (tertiary/aromatic N) is 4. The quantitative estimate of drug-likeness (QED) is 0.372. The lowest BCUT2D eigenvalue weighted by atomic mass is 9.95. The second-order valence-corrected chi connectivity index (χ2v) is 7.96. The molecule has 2 aromatic heterocycles. The zero-order valence-electron chi connectivity index (χ0n) is 15.5. The molecule has 2 aromatic rings. The summed E-state index contributed by atoms with van der Waals surface area (Å²) < 4.78 is 2.03. The van der Waals surface area contributed by atoms with Crippen LogP contribution in [0.4, 0.5) is 0 Å². The number of nitrogens with one attached hydrogen (secondary N) is 2. The molecule has 0 bridgehead atoms. The Morgan fingerprint density at radius 1 is 1.35 bits per heavy atom. The second-order valence-electron chi connectivity index (χ2n) is 6.38. The Balaban J connectivity index is 0.00000243. The Hall–Kier alpha value is -1.03. The van der Waals surface area contributed by atoms with Crippen LogP contribution >= 0.6 is 35.7 Å². The van der Waals surface area contributed by atoms with Crippen LogP contribution in [0, 0.1) is 0 Å². The number of fused-ring (bicyclic) bond motifs is 1. The molecule has 2 unspecified atom stereocenters. The maximum Gasteiger partial charge on any atom is 0.191 e. The Morgan fingerprint density at radius 2 is 2.23 bits per heavy atom. The second kappa shape index (κ2) is 11.0. The molecule has 1 fully saturated rings. The number of rotatable bonds is 6. The van der Waals surface area contributed by atoms with E-state index in [2.05, 4.69) is 44.5 Å². The normalized spacial score (nSPS) is 20.6. The van der Waals surface area contributed by atoms with Gasteiger partial charge in [0.05, 0.1) is 0 Å². The summed E-state index contributed by atoms with van der Waals surface area (Å²) in [5, 5.41) is 16.3. The number of pyridine rings is 1. The minimum Gasteiger partial charge on any atom is -0.356 e. The van der Waals surface area contributed by atoms with Crippen LogP contribution in [-0.4, -0.2) is 51.2 Å². The molecule has 3 rings (SSSR count). The fraction of sp³-hybridized carbons (Fsp3) is 0.611. The first-order valence-corrected chi connectivity index (χ1v) is 10.2. The van der Waals surface area contributed by atoms with Crippen molar-refractivity contribution in [3.63, 3.8) is 0 Å². The molecule has 0 radical (unpaired) electrons. The van der Waals surface area contributed by atoms with E-state index in [1.165, 1.54) is 31.4 Å². The van der Waals surface area contributed by atoms with E-state index in [0.717, 1.165) is 35.6 Å². The van der Waals surface area contributed by atoms with Gasteiger partial charge in [0.2, 0.25) is 0 Å². The lowest BCUT2D eigenvalue weighted by molar-refractivity contribution is 0.419. The molecule has 1 saturated carbocycles. The topological polar surface area (TPSA) is 66.6 Å². The lowest BCUT2D eigenvalue weighted by Gasteiger charge is -2.30. The summed E-state index contributed by atoms with van der Waals surface area (Å²) >= 11 is 2.09.